The first-order chi connectivity index (χ1) is 13.3. The lowest BCUT2D eigenvalue weighted by atomic mass is 9.99. The second-order valence-corrected chi connectivity index (χ2v) is 8.07. The van der Waals surface area contributed by atoms with Crippen molar-refractivity contribution in [1.82, 2.24) is 15.0 Å². The molecule has 1 aromatic carbocycles. The molecule has 0 bridgehead atoms. The summed E-state index contributed by atoms with van der Waals surface area (Å²) < 4.78 is 5.45. The summed E-state index contributed by atoms with van der Waals surface area (Å²) in [5, 5.41) is 3.95. The quantitative estimate of drug-likeness (QED) is 0.787. The van der Waals surface area contributed by atoms with Gasteiger partial charge in [0.25, 0.3) is 11.8 Å². The van der Waals surface area contributed by atoms with Crippen LogP contribution >= 0.6 is 0 Å². The highest BCUT2D eigenvalue weighted by Crippen LogP contribution is 2.41. The first-order valence-corrected chi connectivity index (χ1v) is 9.66. The maximum absolute atomic E-state index is 12.9. The average Bonchev–Trinajstić information content (AvgIpc) is 3.29. The van der Waals surface area contributed by atoms with Crippen LogP contribution in [0.4, 0.5) is 0 Å². The zero-order chi connectivity index (χ0) is 20.2. The maximum Gasteiger partial charge on any atom is 0.276 e. The minimum Gasteiger partial charge on any atom is -0.355 e. The van der Waals surface area contributed by atoms with Crippen LogP contribution < -0.4 is 0 Å². The summed E-state index contributed by atoms with van der Waals surface area (Å²) >= 11 is 0. The van der Waals surface area contributed by atoms with E-state index in [4.69, 9.17) is 4.52 Å². The molecule has 146 valence electrons. The summed E-state index contributed by atoms with van der Waals surface area (Å²) in [7, 11) is 1.74. The average molecular weight is 379 g/mol. The molecule has 0 spiro atoms. The summed E-state index contributed by atoms with van der Waals surface area (Å²) in [6.07, 6.45) is 2.23. The molecule has 0 unspecified atom stereocenters. The molecule has 6 heteroatoms. The number of amides is 2. The molecule has 4 rings (SSSR count). The SMILES string of the molecule is C=C(C1CC1)N1Cc2cc(-c3cc(C(=O)N(C)C(C)C)no3)cc(C)c2C1=O. The number of hydrogen-bond acceptors (Lipinski definition) is 4. The number of rotatable bonds is 5. The Hall–Kier alpha value is -2.89. The summed E-state index contributed by atoms with van der Waals surface area (Å²) in [6, 6.07) is 5.62. The minimum atomic E-state index is -0.176. The van der Waals surface area contributed by atoms with Gasteiger partial charge in [0.1, 0.15) is 0 Å². The fraction of sp³-hybridized carbons (Fsp3) is 0.409. The van der Waals surface area contributed by atoms with E-state index in [0.717, 1.165) is 40.8 Å². The van der Waals surface area contributed by atoms with E-state index in [9.17, 15) is 9.59 Å². The predicted molar refractivity (Wildman–Crippen MR) is 106 cm³/mol. The third kappa shape index (κ3) is 3.03. The standard InChI is InChI=1S/C22H25N3O3/c1-12(2)24(5)21(26)18-10-19(28-23-18)16-8-13(3)20-17(9-16)11-25(22(20)27)14(4)15-6-7-15/h8-10,12,15H,4,6-7,11H2,1-3,5H3. The van der Waals surface area contributed by atoms with E-state index in [1.165, 1.54) is 0 Å². The lowest BCUT2D eigenvalue weighted by molar-refractivity contribution is 0.0743. The van der Waals surface area contributed by atoms with Gasteiger partial charge in [-0.15, -0.1) is 0 Å². The van der Waals surface area contributed by atoms with Gasteiger partial charge in [-0.05, 0) is 62.8 Å². The van der Waals surface area contributed by atoms with Crippen molar-refractivity contribution >= 4 is 11.8 Å². The Morgan fingerprint density at radius 2 is 2.04 bits per heavy atom. The Bertz CT molecular complexity index is 985. The van der Waals surface area contributed by atoms with Crippen molar-refractivity contribution in [3.05, 3.63) is 52.9 Å². The van der Waals surface area contributed by atoms with Crippen LogP contribution in [0, 0.1) is 12.8 Å². The highest BCUT2D eigenvalue weighted by atomic mass is 16.5. The lowest BCUT2D eigenvalue weighted by Crippen LogP contribution is -2.33. The number of carbonyl (C=O) groups is 2. The molecule has 2 amide bonds. The van der Waals surface area contributed by atoms with E-state index >= 15 is 0 Å². The number of carbonyl (C=O) groups excluding carboxylic acids is 2. The number of nitrogens with zero attached hydrogens (tertiary/aromatic N) is 3. The van der Waals surface area contributed by atoms with E-state index in [1.54, 1.807) is 22.9 Å². The third-order valence-corrected chi connectivity index (χ3v) is 5.71. The largest absolute Gasteiger partial charge is 0.355 e. The highest BCUT2D eigenvalue weighted by molar-refractivity contribution is 6.01. The first kappa shape index (κ1) is 18.5. The van der Waals surface area contributed by atoms with Crippen LogP contribution in [-0.2, 0) is 6.54 Å². The van der Waals surface area contributed by atoms with Gasteiger partial charge in [0, 0.05) is 36.0 Å². The van der Waals surface area contributed by atoms with Crippen LogP contribution in [0.1, 0.15) is 58.7 Å². The van der Waals surface area contributed by atoms with Gasteiger partial charge in [0.05, 0.1) is 6.54 Å². The van der Waals surface area contributed by atoms with Gasteiger partial charge < -0.3 is 14.3 Å². The fourth-order valence-electron chi connectivity index (χ4n) is 3.61. The van der Waals surface area contributed by atoms with E-state index in [2.05, 4.69) is 11.7 Å². The second kappa shape index (κ2) is 6.62. The number of fused-ring (bicyclic) bond motifs is 1. The zero-order valence-electron chi connectivity index (χ0n) is 16.8. The molecule has 1 aromatic heterocycles. The number of allylic oxidation sites excluding steroid dienone is 1. The Labute approximate surface area is 164 Å². The van der Waals surface area contributed by atoms with E-state index in [-0.39, 0.29) is 23.6 Å². The molecule has 1 fully saturated rings. The van der Waals surface area contributed by atoms with Crippen LogP contribution in [-0.4, -0.2) is 39.9 Å². The molecule has 28 heavy (non-hydrogen) atoms. The molecule has 2 aromatic rings. The number of aryl methyl sites for hydroxylation is 1. The van der Waals surface area contributed by atoms with Crippen molar-refractivity contribution in [3.8, 4) is 11.3 Å². The monoisotopic (exact) mass is 379 g/mol. The van der Waals surface area contributed by atoms with Gasteiger partial charge in [0.2, 0.25) is 0 Å². The third-order valence-electron chi connectivity index (χ3n) is 5.71. The van der Waals surface area contributed by atoms with Gasteiger partial charge >= 0.3 is 0 Å². The van der Waals surface area contributed by atoms with Crippen molar-refractivity contribution in [2.24, 2.45) is 5.92 Å². The molecule has 1 aliphatic heterocycles. The zero-order valence-corrected chi connectivity index (χ0v) is 16.8. The highest BCUT2D eigenvalue weighted by Gasteiger charge is 2.37. The number of aromatic nitrogens is 1. The summed E-state index contributed by atoms with van der Waals surface area (Å²) in [6.45, 7) is 10.5. The van der Waals surface area contributed by atoms with Gasteiger partial charge in [-0.25, -0.2) is 0 Å². The van der Waals surface area contributed by atoms with Crippen LogP contribution in [0.15, 0.2) is 35.0 Å². The molecule has 2 aliphatic rings. The lowest BCUT2D eigenvalue weighted by Gasteiger charge is -2.19. The summed E-state index contributed by atoms with van der Waals surface area (Å²) in [5.41, 5.74) is 4.63. The van der Waals surface area contributed by atoms with Gasteiger partial charge in [0.15, 0.2) is 11.5 Å². The fourth-order valence-corrected chi connectivity index (χ4v) is 3.61. The van der Waals surface area contributed by atoms with E-state index in [1.807, 2.05) is 32.9 Å². The van der Waals surface area contributed by atoms with Crippen molar-refractivity contribution < 1.29 is 14.1 Å². The van der Waals surface area contributed by atoms with Crippen molar-refractivity contribution in [3.63, 3.8) is 0 Å². The molecule has 0 radical (unpaired) electrons. The minimum absolute atomic E-state index is 0.0305. The smallest absolute Gasteiger partial charge is 0.276 e. The van der Waals surface area contributed by atoms with Crippen molar-refractivity contribution in [2.45, 2.75) is 46.2 Å². The van der Waals surface area contributed by atoms with E-state index in [0.29, 0.717) is 18.2 Å². The van der Waals surface area contributed by atoms with Gasteiger partial charge in [-0.2, -0.15) is 0 Å². The van der Waals surface area contributed by atoms with Crippen LogP contribution in [0.3, 0.4) is 0 Å². The second-order valence-electron chi connectivity index (χ2n) is 8.07. The molecule has 2 heterocycles. The number of benzene rings is 1. The summed E-state index contributed by atoms with van der Waals surface area (Å²) in [5.74, 6) is 0.824. The summed E-state index contributed by atoms with van der Waals surface area (Å²) in [4.78, 5) is 28.7. The molecular weight excluding hydrogens is 354 g/mol. The molecule has 1 saturated carbocycles. The molecule has 0 N–H and O–H groups in total. The van der Waals surface area contributed by atoms with Gasteiger partial charge in [-0.1, -0.05) is 11.7 Å². The molecular formula is C22H25N3O3. The molecule has 1 aliphatic carbocycles. The number of hydrogen-bond donors (Lipinski definition) is 0. The van der Waals surface area contributed by atoms with Crippen LogP contribution in [0.2, 0.25) is 0 Å². The Balaban J connectivity index is 1.63. The predicted octanol–water partition coefficient (Wildman–Crippen LogP) is 4.01. The normalized spacial score (nSPS) is 15.9. The topological polar surface area (TPSA) is 66.7 Å². The molecule has 0 saturated heterocycles. The van der Waals surface area contributed by atoms with Crippen LogP contribution in [0.5, 0.6) is 0 Å². The van der Waals surface area contributed by atoms with Crippen LogP contribution in [0.25, 0.3) is 11.3 Å². The Kier molecular flexibility index (Phi) is 4.37. The molecule has 0 atom stereocenters. The maximum atomic E-state index is 12.9. The van der Waals surface area contributed by atoms with Crippen molar-refractivity contribution in [2.75, 3.05) is 7.05 Å². The Morgan fingerprint density at radius 1 is 1.32 bits per heavy atom. The van der Waals surface area contributed by atoms with Crippen molar-refractivity contribution in [1.29, 1.82) is 0 Å². The van der Waals surface area contributed by atoms with Gasteiger partial charge in [-0.3, -0.25) is 9.59 Å². The van der Waals surface area contributed by atoms with E-state index < -0.39 is 0 Å². The first-order valence-electron chi connectivity index (χ1n) is 9.66. The molecule has 6 nitrogen and oxygen atoms in total. The Morgan fingerprint density at radius 3 is 2.68 bits per heavy atom.